The van der Waals surface area contributed by atoms with Crippen LogP contribution < -0.4 is 5.73 Å². The fourth-order valence-electron chi connectivity index (χ4n) is 2.75. The summed E-state index contributed by atoms with van der Waals surface area (Å²) in [5.41, 5.74) is 7.28. The van der Waals surface area contributed by atoms with E-state index in [0.717, 1.165) is 19.5 Å². The standard InChI is InChI=1S/C13H24N4/c1-3-12(14)13-8-15-10-17(13)9-11-6-5-7-16(11)4-2/h8,10-12H,3-7,9,14H2,1-2H3/t11?,12-/m1/s1. The van der Waals surface area contributed by atoms with Gasteiger partial charge in [0.1, 0.15) is 0 Å². The molecule has 0 bridgehead atoms. The third-order valence-electron chi connectivity index (χ3n) is 3.88. The Bertz CT molecular complexity index is 347. The molecule has 0 spiro atoms. The number of rotatable bonds is 5. The van der Waals surface area contributed by atoms with Crippen LogP contribution in [0.15, 0.2) is 12.5 Å². The van der Waals surface area contributed by atoms with Crippen molar-refractivity contribution in [2.75, 3.05) is 13.1 Å². The van der Waals surface area contributed by atoms with E-state index >= 15 is 0 Å². The topological polar surface area (TPSA) is 47.1 Å². The van der Waals surface area contributed by atoms with Crippen LogP contribution in [0, 0.1) is 0 Å². The Kier molecular flexibility index (Phi) is 4.18. The molecule has 2 heterocycles. The van der Waals surface area contributed by atoms with E-state index in [2.05, 4.69) is 28.3 Å². The van der Waals surface area contributed by atoms with E-state index < -0.39 is 0 Å². The van der Waals surface area contributed by atoms with Gasteiger partial charge in [0.25, 0.3) is 0 Å². The third-order valence-corrected chi connectivity index (χ3v) is 3.88. The van der Waals surface area contributed by atoms with Crippen LogP contribution >= 0.6 is 0 Å². The summed E-state index contributed by atoms with van der Waals surface area (Å²) >= 11 is 0. The first-order valence-electron chi connectivity index (χ1n) is 6.75. The molecular weight excluding hydrogens is 212 g/mol. The second-order valence-electron chi connectivity index (χ2n) is 4.91. The first kappa shape index (κ1) is 12.6. The Hall–Kier alpha value is -0.870. The molecule has 2 atom stereocenters. The molecule has 2 N–H and O–H groups in total. The highest BCUT2D eigenvalue weighted by Gasteiger charge is 2.24. The minimum Gasteiger partial charge on any atom is -0.332 e. The van der Waals surface area contributed by atoms with Gasteiger partial charge in [-0.25, -0.2) is 4.98 Å². The number of nitrogens with two attached hydrogens (primary N) is 1. The number of likely N-dealkylation sites (N-methyl/N-ethyl adjacent to an activating group) is 1. The molecule has 1 aliphatic rings. The van der Waals surface area contributed by atoms with Crippen LogP contribution in [-0.4, -0.2) is 33.6 Å². The first-order chi connectivity index (χ1) is 8.26. The van der Waals surface area contributed by atoms with Gasteiger partial charge >= 0.3 is 0 Å². The number of nitrogens with zero attached hydrogens (tertiary/aromatic N) is 3. The minimum absolute atomic E-state index is 0.119. The molecule has 0 amide bonds. The molecule has 1 aromatic rings. The van der Waals surface area contributed by atoms with Crippen molar-refractivity contribution in [3.05, 3.63) is 18.2 Å². The summed E-state index contributed by atoms with van der Waals surface area (Å²) in [7, 11) is 0. The van der Waals surface area contributed by atoms with Gasteiger partial charge in [0, 0.05) is 24.8 Å². The molecular formula is C13H24N4. The molecule has 2 rings (SSSR count). The van der Waals surface area contributed by atoms with Gasteiger partial charge in [-0.05, 0) is 32.4 Å². The number of likely N-dealkylation sites (tertiary alicyclic amines) is 1. The molecule has 0 aliphatic carbocycles. The SMILES string of the molecule is CC[C@@H](N)c1cncn1CC1CCCN1CC. The van der Waals surface area contributed by atoms with Crippen LogP contribution in [0.4, 0.5) is 0 Å². The molecule has 96 valence electrons. The van der Waals surface area contributed by atoms with Crippen LogP contribution in [-0.2, 0) is 6.54 Å². The van der Waals surface area contributed by atoms with E-state index in [4.69, 9.17) is 5.73 Å². The van der Waals surface area contributed by atoms with Gasteiger partial charge in [0.15, 0.2) is 0 Å². The van der Waals surface area contributed by atoms with Crippen LogP contribution in [0.5, 0.6) is 0 Å². The van der Waals surface area contributed by atoms with Crippen molar-refractivity contribution in [2.24, 2.45) is 5.73 Å². The highest BCUT2D eigenvalue weighted by Crippen LogP contribution is 2.20. The average molecular weight is 236 g/mol. The van der Waals surface area contributed by atoms with Crippen LogP contribution in [0.1, 0.15) is 44.8 Å². The predicted octanol–water partition coefficient (Wildman–Crippen LogP) is 1.78. The Balaban J connectivity index is 2.05. The highest BCUT2D eigenvalue weighted by atomic mass is 15.2. The Morgan fingerprint density at radius 1 is 1.53 bits per heavy atom. The third kappa shape index (κ3) is 2.69. The lowest BCUT2D eigenvalue weighted by Crippen LogP contribution is -2.33. The largest absolute Gasteiger partial charge is 0.332 e. The maximum Gasteiger partial charge on any atom is 0.0949 e. The normalized spacial score (nSPS) is 23.1. The van der Waals surface area contributed by atoms with Crippen molar-refractivity contribution in [3.8, 4) is 0 Å². The van der Waals surface area contributed by atoms with Gasteiger partial charge < -0.3 is 10.3 Å². The zero-order valence-corrected chi connectivity index (χ0v) is 11.0. The molecule has 4 heteroatoms. The van der Waals surface area contributed by atoms with Gasteiger partial charge in [-0.2, -0.15) is 0 Å². The van der Waals surface area contributed by atoms with E-state index in [1.54, 1.807) is 0 Å². The lowest BCUT2D eigenvalue weighted by atomic mass is 10.1. The summed E-state index contributed by atoms with van der Waals surface area (Å²) in [6.07, 6.45) is 7.43. The van der Waals surface area contributed by atoms with E-state index in [9.17, 15) is 0 Å². The quantitative estimate of drug-likeness (QED) is 0.847. The Morgan fingerprint density at radius 2 is 2.35 bits per heavy atom. The van der Waals surface area contributed by atoms with Crippen molar-refractivity contribution in [1.82, 2.24) is 14.5 Å². The number of hydrogen-bond acceptors (Lipinski definition) is 3. The molecule has 1 aliphatic heterocycles. The van der Waals surface area contributed by atoms with Gasteiger partial charge in [0.05, 0.1) is 12.0 Å². The molecule has 17 heavy (non-hydrogen) atoms. The summed E-state index contributed by atoms with van der Waals surface area (Å²) < 4.78 is 2.24. The fraction of sp³-hybridized carbons (Fsp3) is 0.769. The zero-order chi connectivity index (χ0) is 12.3. The predicted molar refractivity (Wildman–Crippen MR) is 69.7 cm³/mol. The second-order valence-corrected chi connectivity index (χ2v) is 4.91. The van der Waals surface area contributed by atoms with E-state index in [0.29, 0.717) is 6.04 Å². The molecule has 0 aromatic carbocycles. The van der Waals surface area contributed by atoms with Crippen molar-refractivity contribution >= 4 is 0 Å². The Labute approximate surface area is 104 Å². The maximum atomic E-state index is 6.11. The van der Waals surface area contributed by atoms with Crippen molar-refractivity contribution in [2.45, 2.75) is 51.7 Å². The lowest BCUT2D eigenvalue weighted by molar-refractivity contribution is 0.242. The number of hydrogen-bond donors (Lipinski definition) is 1. The van der Waals surface area contributed by atoms with Crippen molar-refractivity contribution in [1.29, 1.82) is 0 Å². The van der Waals surface area contributed by atoms with Gasteiger partial charge in [-0.15, -0.1) is 0 Å². The van der Waals surface area contributed by atoms with E-state index in [-0.39, 0.29) is 6.04 Å². The molecule has 1 aromatic heterocycles. The fourth-order valence-corrected chi connectivity index (χ4v) is 2.75. The van der Waals surface area contributed by atoms with Gasteiger partial charge in [0.2, 0.25) is 0 Å². The van der Waals surface area contributed by atoms with Crippen LogP contribution in [0.3, 0.4) is 0 Å². The van der Waals surface area contributed by atoms with Crippen molar-refractivity contribution < 1.29 is 0 Å². The van der Waals surface area contributed by atoms with E-state index in [1.807, 2.05) is 12.5 Å². The maximum absolute atomic E-state index is 6.11. The van der Waals surface area contributed by atoms with Crippen LogP contribution in [0.25, 0.3) is 0 Å². The molecule has 0 saturated carbocycles. The van der Waals surface area contributed by atoms with Crippen molar-refractivity contribution in [3.63, 3.8) is 0 Å². The van der Waals surface area contributed by atoms with Crippen LogP contribution in [0.2, 0.25) is 0 Å². The summed E-state index contributed by atoms with van der Waals surface area (Å²) in [5.74, 6) is 0. The summed E-state index contributed by atoms with van der Waals surface area (Å²) in [6, 6.07) is 0.783. The second kappa shape index (κ2) is 5.65. The molecule has 1 unspecified atom stereocenters. The molecule has 4 nitrogen and oxygen atoms in total. The highest BCUT2D eigenvalue weighted by molar-refractivity contribution is 5.05. The average Bonchev–Trinajstić information content (AvgIpc) is 2.97. The monoisotopic (exact) mass is 236 g/mol. The van der Waals surface area contributed by atoms with E-state index in [1.165, 1.54) is 25.1 Å². The zero-order valence-electron chi connectivity index (χ0n) is 11.0. The Morgan fingerprint density at radius 3 is 3.06 bits per heavy atom. The first-order valence-corrected chi connectivity index (χ1v) is 6.75. The summed E-state index contributed by atoms with van der Waals surface area (Å²) in [5, 5.41) is 0. The lowest BCUT2D eigenvalue weighted by Gasteiger charge is -2.24. The van der Waals surface area contributed by atoms with Gasteiger partial charge in [-0.1, -0.05) is 13.8 Å². The van der Waals surface area contributed by atoms with Gasteiger partial charge in [-0.3, -0.25) is 4.90 Å². The molecule has 0 radical (unpaired) electrons. The number of imidazole rings is 1. The summed E-state index contributed by atoms with van der Waals surface area (Å²) in [4.78, 5) is 6.81. The molecule has 1 saturated heterocycles. The summed E-state index contributed by atoms with van der Waals surface area (Å²) in [6.45, 7) is 7.79. The minimum atomic E-state index is 0.119. The molecule has 1 fully saturated rings. The number of aromatic nitrogens is 2. The smallest absolute Gasteiger partial charge is 0.0949 e.